The molecular formula is C19H19N5OS. The lowest BCUT2D eigenvalue weighted by Gasteiger charge is -2.10. The largest absolute Gasteiger partial charge is 0.375 e. The lowest BCUT2D eigenvalue weighted by atomic mass is 10.2. The molecule has 1 fully saturated rings. The summed E-state index contributed by atoms with van der Waals surface area (Å²) < 4.78 is 0. The highest BCUT2D eigenvalue weighted by atomic mass is 32.1. The molecule has 1 aliphatic carbocycles. The number of carbonyl (C=O) groups is 1. The summed E-state index contributed by atoms with van der Waals surface area (Å²) in [6.45, 7) is 1.95. The van der Waals surface area contributed by atoms with Crippen LogP contribution in [0.15, 0.2) is 42.6 Å². The highest BCUT2D eigenvalue weighted by Gasteiger charge is 2.29. The van der Waals surface area contributed by atoms with Crippen LogP contribution in [0.5, 0.6) is 0 Å². The van der Waals surface area contributed by atoms with Crippen LogP contribution in [0.4, 0.5) is 22.3 Å². The number of aromatic nitrogens is 2. The number of rotatable bonds is 5. The number of nitrogens with one attached hydrogen (secondary N) is 2. The van der Waals surface area contributed by atoms with Gasteiger partial charge in [-0.25, -0.2) is 9.97 Å². The van der Waals surface area contributed by atoms with Gasteiger partial charge in [-0.1, -0.05) is 17.4 Å². The fourth-order valence-electron chi connectivity index (χ4n) is 2.74. The van der Waals surface area contributed by atoms with Crippen LogP contribution in [0.25, 0.3) is 10.4 Å². The van der Waals surface area contributed by atoms with Gasteiger partial charge in [0, 0.05) is 23.5 Å². The zero-order valence-electron chi connectivity index (χ0n) is 14.3. The first kappa shape index (κ1) is 16.5. The molecule has 0 bridgehead atoms. The zero-order valence-corrected chi connectivity index (χ0v) is 15.1. The number of thiazole rings is 1. The van der Waals surface area contributed by atoms with E-state index in [0.717, 1.165) is 46.2 Å². The summed E-state index contributed by atoms with van der Waals surface area (Å²) in [5.74, 6) is 1.00. The van der Waals surface area contributed by atoms with Crippen molar-refractivity contribution < 1.29 is 4.79 Å². The number of nitrogens with zero attached hydrogens (tertiary/aromatic N) is 2. The highest BCUT2D eigenvalue weighted by Crippen LogP contribution is 2.33. The molecule has 1 saturated carbocycles. The second-order valence-electron chi connectivity index (χ2n) is 6.37. The van der Waals surface area contributed by atoms with Crippen molar-refractivity contribution in [2.75, 3.05) is 16.4 Å². The van der Waals surface area contributed by atoms with E-state index >= 15 is 0 Å². The molecule has 1 aliphatic rings. The Morgan fingerprint density at radius 2 is 2.04 bits per heavy atom. The topological polar surface area (TPSA) is 92.9 Å². The Balaban J connectivity index is 1.53. The van der Waals surface area contributed by atoms with Gasteiger partial charge in [-0.15, -0.1) is 0 Å². The number of benzene rings is 1. The van der Waals surface area contributed by atoms with Gasteiger partial charge in [0.05, 0.1) is 10.6 Å². The number of nitrogens with two attached hydrogens (primary N) is 1. The Bertz CT molecular complexity index is 964. The number of anilines is 4. The smallest absolute Gasteiger partial charge is 0.227 e. The minimum Gasteiger partial charge on any atom is -0.375 e. The third-order valence-electron chi connectivity index (χ3n) is 4.19. The number of aryl methyl sites for hydroxylation is 1. The fraction of sp³-hybridized carbons (Fsp3) is 0.211. The van der Waals surface area contributed by atoms with Gasteiger partial charge in [0.1, 0.15) is 5.82 Å². The standard InChI is InChI=1S/C19H19N5OS/c1-11-17(26-19(20)22-11)13-7-8-21-16(9-13)23-14-3-2-4-15(10-14)24-18(25)12-5-6-12/h2-4,7-10,12H,5-6H2,1H3,(H2,20,22)(H,21,23)(H,24,25). The number of hydrogen-bond donors (Lipinski definition) is 3. The molecule has 2 heterocycles. The Morgan fingerprint density at radius 3 is 2.77 bits per heavy atom. The van der Waals surface area contributed by atoms with Crippen LogP contribution in [-0.4, -0.2) is 15.9 Å². The molecule has 132 valence electrons. The lowest BCUT2D eigenvalue weighted by molar-refractivity contribution is -0.117. The predicted octanol–water partition coefficient (Wildman–Crippen LogP) is 4.19. The molecule has 4 N–H and O–H groups in total. The van der Waals surface area contributed by atoms with Gasteiger partial charge in [-0.2, -0.15) is 0 Å². The van der Waals surface area contributed by atoms with Crippen LogP contribution >= 0.6 is 11.3 Å². The van der Waals surface area contributed by atoms with Crippen molar-refractivity contribution in [1.29, 1.82) is 0 Å². The van der Waals surface area contributed by atoms with E-state index in [0.29, 0.717) is 5.13 Å². The third-order valence-corrected chi connectivity index (χ3v) is 5.22. The molecule has 3 aromatic rings. The Labute approximate surface area is 155 Å². The van der Waals surface area contributed by atoms with Crippen molar-refractivity contribution in [3.63, 3.8) is 0 Å². The highest BCUT2D eigenvalue weighted by molar-refractivity contribution is 7.18. The summed E-state index contributed by atoms with van der Waals surface area (Å²) in [6, 6.07) is 11.6. The molecule has 2 aromatic heterocycles. The number of pyridine rings is 1. The molecule has 7 heteroatoms. The van der Waals surface area contributed by atoms with Gasteiger partial charge in [0.15, 0.2) is 5.13 Å². The van der Waals surface area contributed by atoms with Gasteiger partial charge in [0.2, 0.25) is 5.91 Å². The van der Waals surface area contributed by atoms with E-state index in [-0.39, 0.29) is 11.8 Å². The monoisotopic (exact) mass is 365 g/mol. The summed E-state index contributed by atoms with van der Waals surface area (Å²) in [5.41, 5.74) is 9.39. The third kappa shape index (κ3) is 3.67. The van der Waals surface area contributed by atoms with Gasteiger partial charge in [0.25, 0.3) is 0 Å². The average Bonchev–Trinajstić information content (AvgIpc) is 3.40. The predicted molar refractivity (Wildman–Crippen MR) is 106 cm³/mol. The molecule has 0 atom stereocenters. The number of carbonyl (C=O) groups excluding carboxylic acids is 1. The van der Waals surface area contributed by atoms with Crippen LogP contribution in [0.1, 0.15) is 18.5 Å². The lowest BCUT2D eigenvalue weighted by Crippen LogP contribution is -2.13. The van der Waals surface area contributed by atoms with Gasteiger partial charge >= 0.3 is 0 Å². The van der Waals surface area contributed by atoms with Gasteiger partial charge < -0.3 is 16.4 Å². The van der Waals surface area contributed by atoms with E-state index in [4.69, 9.17) is 5.73 Å². The van der Waals surface area contributed by atoms with Crippen LogP contribution < -0.4 is 16.4 Å². The SMILES string of the molecule is Cc1nc(N)sc1-c1ccnc(Nc2cccc(NC(=O)C3CC3)c2)c1. The number of hydrogen-bond acceptors (Lipinski definition) is 6. The van der Waals surface area contributed by atoms with E-state index in [1.807, 2.05) is 43.3 Å². The molecule has 1 aromatic carbocycles. The summed E-state index contributed by atoms with van der Waals surface area (Å²) >= 11 is 1.46. The second kappa shape index (κ2) is 6.76. The van der Waals surface area contributed by atoms with Crippen molar-refractivity contribution in [3.8, 4) is 10.4 Å². The summed E-state index contributed by atoms with van der Waals surface area (Å²) in [6.07, 6.45) is 3.73. The van der Waals surface area contributed by atoms with Gasteiger partial charge in [-0.3, -0.25) is 4.79 Å². The van der Waals surface area contributed by atoms with E-state index in [1.165, 1.54) is 11.3 Å². The Morgan fingerprint density at radius 1 is 1.23 bits per heavy atom. The van der Waals surface area contributed by atoms with Crippen LogP contribution in [0, 0.1) is 12.8 Å². The Kier molecular flexibility index (Phi) is 4.30. The van der Waals surface area contributed by atoms with E-state index in [9.17, 15) is 4.79 Å². The minimum atomic E-state index is 0.0977. The average molecular weight is 365 g/mol. The van der Waals surface area contributed by atoms with Gasteiger partial charge in [-0.05, 0) is 55.7 Å². The molecule has 0 radical (unpaired) electrons. The van der Waals surface area contributed by atoms with Crippen LogP contribution in [0.3, 0.4) is 0 Å². The first-order valence-corrected chi connectivity index (χ1v) is 9.27. The van der Waals surface area contributed by atoms with Crippen molar-refractivity contribution in [2.24, 2.45) is 5.92 Å². The molecular weight excluding hydrogens is 346 g/mol. The molecule has 1 amide bonds. The molecule has 0 aliphatic heterocycles. The first-order chi connectivity index (χ1) is 12.6. The maximum absolute atomic E-state index is 11.9. The molecule has 26 heavy (non-hydrogen) atoms. The molecule has 0 spiro atoms. The van der Waals surface area contributed by atoms with Crippen LogP contribution in [0.2, 0.25) is 0 Å². The van der Waals surface area contributed by atoms with Crippen molar-refractivity contribution in [2.45, 2.75) is 19.8 Å². The summed E-state index contributed by atoms with van der Waals surface area (Å²) in [5, 5.41) is 6.81. The fourth-order valence-corrected chi connectivity index (χ4v) is 3.57. The quantitative estimate of drug-likeness (QED) is 0.630. The summed E-state index contributed by atoms with van der Waals surface area (Å²) in [4.78, 5) is 21.6. The van der Waals surface area contributed by atoms with Crippen molar-refractivity contribution in [3.05, 3.63) is 48.3 Å². The summed E-state index contributed by atoms with van der Waals surface area (Å²) in [7, 11) is 0. The Hall–Kier alpha value is -2.93. The van der Waals surface area contributed by atoms with E-state index < -0.39 is 0 Å². The maximum atomic E-state index is 11.9. The van der Waals surface area contributed by atoms with Crippen molar-refractivity contribution >= 4 is 39.6 Å². The maximum Gasteiger partial charge on any atom is 0.227 e. The normalized spacial score (nSPS) is 13.4. The number of nitrogen functional groups attached to an aromatic ring is 1. The second-order valence-corrected chi connectivity index (χ2v) is 7.40. The molecule has 0 unspecified atom stereocenters. The minimum absolute atomic E-state index is 0.0977. The van der Waals surface area contributed by atoms with E-state index in [1.54, 1.807) is 6.20 Å². The number of amides is 1. The first-order valence-electron chi connectivity index (χ1n) is 8.46. The zero-order chi connectivity index (χ0) is 18.1. The molecule has 4 rings (SSSR count). The van der Waals surface area contributed by atoms with Crippen LogP contribution in [-0.2, 0) is 4.79 Å². The van der Waals surface area contributed by atoms with E-state index in [2.05, 4.69) is 20.6 Å². The van der Waals surface area contributed by atoms with Crippen molar-refractivity contribution in [1.82, 2.24) is 9.97 Å². The molecule has 0 saturated heterocycles. The molecule has 6 nitrogen and oxygen atoms in total.